The highest BCUT2D eigenvalue weighted by atomic mass is 32.1. The summed E-state index contributed by atoms with van der Waals surface area (Å²) in [5, 5.41) is 11.9. The molecule has 0 radical (unpaired) electrons. The molecule has 0 spiro atoms. The monoisotopic (exact) mass is 319 g/mol. The minimum Gasteiger partial charge on any atom is -0.354 e. The van der Waals surface area contributed by atoms with Crippen LogP contribution in [0.25, 0.3) is 10.6 Å². The zero-order valence-electron chi connectivity index (χ0n) is 12.2. The van der Waals surface area contributed by atoms with Crippen molar-refractivity contribution in [2.24, 2.45) is 0 Å². The second-order valence-corrected chi connectivity index (χ2v) is 6.10. The molecule has 1 saturated heterocycles. The van der Waals surface area contributed by atoms with Crippen molar-refractivity contribution < 1.29 is 9.59 Å². The molecule has 1 fully saturated rings. The molecule has 2 N–H and O–H groups in total. The van der Waals surface area contributed by atoms with Crippen LogP contribution in [0.4, 0.5) is 0 Å². The van der Waals surface area contributed by atoms with E-state index in [1.54, 1.807) is 24.8 Å². The van der Waals surface area contributed by atoms with E-state index in [1.807, 2.05) is 0 Å². The molecule has 7 nitrogen and oxygen atoms in total. The summed E-state index contributed by atoms with van der Waals surface area (Å²) in [6.45, 7) is 0.679. The van der Waals surface area contributed by atoms with E-state index in [0.29, 0.717) is 18.7 Å². The Morgan fingerprint density at radius 2 is 2.32 bits per heavy atom. The van der Waals surface area contributed by atoms with E-state index >= 15 is 0 Å². The topological polar surface area (TPSA) is 91.0 Å². The number of amides is 2. The molecule has 2 aromatic heterocycles. The zero-order valence-corrected chi connectivity index (χ0v) is 13.0. The molecule has 0 aromatic carbocycles. The molecular weight excluding hydrogens is 302 g/mol. The number of carbonyl (C=O) groups excluding carboxylic acids is 2. The summed E-state index contributed by atoms with van der Waals surface area (Å²) in [5.41, 5.74) is 1.21. The molecule has 22 heavy (non-hydrogen) atoms. The van der Waals surface area contributed by atoms with Gasteiger partial charge < -0.3 is 10.2 Å². The maximum atomic E-state index is 12.6. The lowest BCUT2D eigenvalue weighted by molar-refractivity contribution is -0.125. The molecule has 2 amide bonds. The number of thiazole rings is 1. The lowest BCUT2D eigenvalue weighted by Gasteiger charge is -2.25. The SMILES string of the molecule is CN(C(=O)c1csc(-c2cn[nH]c2)n1)C1CCCCNC1=O. The minimum atomic E-state index is -0.422. The average Bonchev–Trinajstić information content (AvgIpc) is 3.16. The molecule has 1 atom stereocenters. The van der Waals surface area contributed by atoms with E-state index < -0.39 is 6.04 Å². The van der Waals surface area contributed by atoms with E-state index in [9.17, 15) is 9.59 Å². The molecule has 2 aromatic rings. The second-order valence-electron chi connectivity index (χ2n) is 5.24. The highest BCUT2D eigenvalue weighted by Gasteiger charge is 2.29. The van der Waals surface area contributed by atoms with Crippen molar-refractivity contribution >= 4 is 23.2 Å². The fourth-order valence-corrected chi connectivity index (χ4v) is 3.26. The number of aromatic nitrogens is 3. The van der Waals surface area contributed by atoms with Gasteiger partial charge in [-0.05, 0) is 19.3 Å². The number of hydrogen-bond acceptors (Lipinski definition) is 5. The molecule has 0 saturated carbocycles. The Balaban J connectivity index is 1.76. The van der Waals surface area contributed by atoms with Crippen molar-refractivity contribution in [2.75, 3.05) is 13.6 Å². The number of likely N-dealkylation sites (N-methyl/N-ethyl adjacent to an activating group) is 1. The number of nitrogens with zero attached hydrogens (tertiary/aromatic N) is 3. The summed E-state index contributed by atoms with van der Waals surface area (Å²) in [5.74, 6) is -0.313. The normalized spacial score (nSPS) is 18.6. The van der Waals surface area contributed by atoms with Gasteiger partial charge in [0.2, 0.25) is 5.91 Å². The predicted molar refractivity (Wildman–Crippen MR) is 82.4 cm³/mol. The fraction of sp³-hybridized carbons (Fsp3) is 0.429. The van der Waals surface area contributed by atoms with Crippen LogP contribution >= 0.6 is 11.3 Å². The summed E-state index contributed by atoms with van der Waals surface area (Å²) in [6, 6.07) is -0.422. The van der Waals surface area contributed by atoms with Gasteiger partial charge in [0, 0.05) is 30.7 Å². The standard InChI is InChI=1S/C14H17N5O2S/c1-19(11-4-2-3-5-15-12(11)20)14(21)10-8-22-13(18-10)9-6-16-17-7-9/h6-8,11H,2-5H2,1H3,(H,15,20)(H,16,17). The van der Waals surface area contributed by atoms with Gasteiger partial charge in [0.15, 0.2) is 0 Å². The quantitative estimate of drug-likeness (QED) is 0.891. The van der Waals surface area contributed by atoms with Gasteiger partial charge in [-0.25, -0.2) is 4.98 Å². The number of H-pyrrole nitrogens is 1. The maximum Gasteiger partial charge on any atom is 0.273 e. The van der Waals surface area contributed by atoms with Gasteiger partial charge in [-0.1, -0.05) is 0 Å². The van der Waals surface area contributed by atoms with Crippen LogP contribution in [0.3, 0.4) is 0 Å². The second kappa shape index (κ2) is 6.27. The van der Waals surface area contributed by atoms with Crippen molar-refractivity contribution in [3.63, 3.8) is 0 Å². The summed E-state index contributed by atoms with van der Waals surface area (Å²) in [4.78, 5) is 30.4. The zero-order chi connectivity index (χ0) is 15.5. The molecule has 1 unspecified atom stereocenters. The predicted octanol–water partition coefficient (Wildman–Crippen LogP) is 1.27. The largest absolute Gasteiger partial charge is 0.354 e. The minimum absolute atomic E-state index is 0.0846. The fourth-order valence-electron chi connectivity index (χ4n) is 2.49. The Morgan fingerprint density at radius 1 is 1.45 bits per heavy atom. The third-order valence-corrected chi connectivity index (χ3v) is 4.65. The maximum absolute atomic E-state index is 12.6. The van der Waals surface area contributed by atoms with Crippen molar-refractivity contribution in [1.29, 1.82) is 0 Å². The van der Waals surface area contributed by atoms with Gasteiger partial charge in [0.25, 0.3) is 5.91 Å². The lowest BCUT2D eigenvalue weighted by Crippen LogP contribution is -2.46. The Hall–Kier alpha value is -2.22. The summed E-state index contributed by atoms with van der Waals surface area (Å²) >= 11 is 1.39. The van der Waals surface area contributed by atoms with Crippen LogP contribution in [-0.2, 0) is 4.79 Å². The van der Waals surface area contributed by atoms with Crippen molar-refractivity contribution in [3.05, 3.63) is 23.5 Å². The van der Waals surface area contributed by atoms with E-state index in [1.165, 1.54) is 16.2 Å². The summed E-state index contributed by atoms with van der Waals surface area (Å²) < 4.78 is 0. The Kier molecular flexibility index (Phi) is 4.19. The number of carbonyl (C=O) groups is 2. The van der Waals surface area contributed by atoms with E-state index in [0.717, 1.165) is 23.4 Å². The van der Waals surface area contributed by atoms with Crippen molar-refractivity contribution in [1.82, 2.24) is 25.4 Å². The van der Waals surface area contributed by atoms with Crippen LogP contribution in [0, 0.1) is 0 Å². The Morgan fingerprint density at radius 3 is 3.09 bits per heavy atom. The van der Waals surface area contributed by atoms with Gasteiger partial charge in [-0.15, -0.1) is 11.3 Å². The Labute approximate surface area is 131 Å². The first kappa shape index (κ1) is 14.7. The van der Waals surface area contributed by atoms with Crippen LogP contribution < -0.4 is 5.32 Å². The molecule has 0 bridgehead atoms. The summed E-state index contributed by atoms with van der Waals surface area (Å²) in [6.07, 6.45) is 5.96. The van der Waals surface area contributed by atoms with E-state index in [-0.39, 0.29) is 11.8 Å². The first-order valence-electron chi connectivity index (χ1n) is 7.16. The molecule has 116 valence electrons. The molecule has 3 rings (SSSR count). The van der Waals surface area contributed by atoms with Crippen LogP contribution in [0.5, 0.6) is 0 Å². The van der Waals surface area contributed by atoms with Crippen molar-refractivity contribution in [2.45, 2.75) is 25.3 Å². The molecular formula is C14H17N5O2S. The molecule has 8 heteroatoms. The van der Waals surface area contributed by atoms with Gasteiger partial charge in [0.05, 0.1) is 6.20 Å². The number of nitrogens with one attached hydrogen (secondary N) is 2. The summed E-state index contributed by atoms with van der Waals surface area (Å²) in [7, 11) is 1.66. The van der Waals surface area contributed by atoms with Gasteiger partial charge in [-0.2, -0.15) is 5.10 Å². The lowest BCUT2D eigenvalue weighted by atomic mass is 10.1. The van der Waals surface area contributed by atoms with Gasteiger partial charge in [-0.3, -0.25) is 14.7 Å². The molecule has 1 aliphatic heterocycles. The van der Waals surface area contributed by atoms with Crippen molar-refractivity contribution in [3.8, 4) is 10.6 Å². The first-order valence-corrected chi connectivity index (χ1v) is 8.04. The number of aromatic amines is 1. The van der Waals surface area contributed by atoms with Gasteiger partial charge >= 0.3 is 0 Å². The molecule has 0 aliphatic carbocycles. The van der Waals surface area contributed by atoms with E-state index in [2.05, 4.69) is 20.5 Å². The van der Waals surface area contributed by atoms with Crippen LogP contribution in [0.15, 0.2) is 17.8 Å². The average molecular weight is 319 g/mol. The third-order valence-electron chi connectivity index (χ3n) is 3.76. The Bertz CT molecular complexity index is 667. The molecule has 1 aliphatic rings. The van der Waals surface area contributed by atoms with Crippen LogP contribution in [-0.4, -0.2) is 51.5 Å². The van der Waals surface area contributed by atoms with E-state index in [4.69, 9.17) is 0 Å². The van der Waals surface area contributed by atoms with Gasteiger partial charge in [0.1, 0.15) is 16.7 Å². The first-order chi connectivity index (χ1) is 10.7. The highest BCUT2D eigenvalue weighted by molar-refractivity contribution is 7.13. The highest BCUT2D eigenvalue weighted by Crippen LogP contribution is 2.23. The number of rotatable bonds is 3. The van der Waals surface area contributed by atoms with Crippen LogP contribution in [0.1, 0.15) is 29.8 Å². The number of hydrogen-bond donors (Lipinski definition) is 2. The van der Waals surface area contributed by atoms with Crippen LogP contribution in [0.2, 0.25) is 0 Å². The smallest absolute Gasteiger partial charge is 0.273 e. The third kappa shape index (κ3) is 2.87. The molecule has 3 heterocycles.